The lowest BCUT2D eigenvalue weighted by atomic mass is 9.83. The van der Waals surface area contributed by atoms with Crippen LogP contribution in [0, 0.1) is 5.41 Å². The van der Waals surface area contributed by atoms with Crippen molar-refractivity contribution in [3.05, 3.63) is 53.6 Å². The molecular weight excluding hydrogens is 357 g/mol. The number of fused-ring (bicyclic) bond motifs is 1. The summed E-state index contributed by atoms with van der Waals surface area (Å²) in [7, 11) is 0. The Balaban J connectivity index is 1.69. The normalized spacial score (nSPS) is 12.3. The lowest BCUT2D eigenvalue weighted by Gasteiger charge is -2.26. The van der Waals surface area contributed by atoms with Crippen molar-refractivity contribution in [2.75, 3.05) is 11.1 Å². The average Bonchev–Trinajstić information content (AvgIpc) is 3.00. The number of carbonyl (C=O) groups is 1. The van der Waals surface area contributed by atoms with E-state index in [9.17, 15) is 18.0 Å². The van der Waals surface area contributed by atoms with Gasteiger partial charge in [0.15, 0.2) is 5.78 Å². The number of nitrogens with two attached hydrogens (primary N) is 1. The van der Waals surface area contributed by atoms with E-state index < -0.39 is 17.4 Å². The molecule has 0 atom stereocenters. The summed E-state index contributed by atoms with van der Waals surface area (Å²) < 4.78 is 39.1. The van der Waals surface area contributed by atoms with E-state index in [0.717, 1.165) is 30.4 Å². The van der Waals surface area contributed by atoms with Crippen LogP contribution >= 0.6 is 0 Å². The third kappa shape index (κ3) is 3.74. The SMILES string of the molecule is CC(C)(C(=O)c1ccc(CNc2nc3ccc(N)cc3[nH]2)cc1)C(F)(F)F. The van der Waals surface area contributed by atoms with E-state index in [1.807, 2.05) is 0 Å². The smallest absolute Gasteiger partial charge is 0.399 e. The van der Waals surface area contributed by atoms with Gasteiger partial charge in [-0.3, -0.25) is 4.79 Å². The number of Topliss-reactive ketones (excluding diaryl/α,β-unsaturated/α-hetero) is 1. The van der Waals surface area contributed by atoms with Crippen molar-refractivity contribution < 1.29 is 18.0 Å². The maximum Gasteiger partial charge on any atom is 0.401 e. The predicted molar refractivity (Wildman–Crippen MR) is 98.4 cm³/mol. The molecule has 0 fully saturated rings. The first-order valence-corrected chi connectivity index (χ1v) is 8.27. The van der Waals surface area contributed by atoms with Gasteiger partial charge in [0.1, 0.15) is 5.41 Å². The molecule has 1 aromatic heterocycles. The molecule has 5 nitrogen and oxygen atoms in total. The Hall–Kier alpha value is -3.03. The first kappa shape index (κ1) is 18.8. The molecule has 3 rings (SSSR count). The monoisotopic (exact) mass is 376 g/mol. The molecule has 142 valence electrons. The van der Waals surface area contributed by atoms with Gasteiger partial charge in [0.05, 0.1) is 11.0 Å². The molecule has 0 aliphatic carbocycles. The van der Waals surface area contributed by atoms with Gasteiger partial charge < -0.3 is 16.0 Å². The lowest BCUT2D eigenvalue weighted by Crippen LogP contribution is -2.39. The maximum absolute atomic E-state index is 13.0. The summed E-state index contributed by atoms with van der Waals surface area (Å²) >= 11 is 0. The minimum absolute atomic E-state index is 0.0280. The maximum atomic E-state index is 13.0. The van der Waals surface area contributed by atoms with Crippen LogP contribution in [0.2, 0.25) is 0 Å². The average molecular weight is 376 g/mol. The molecule has 0 aliphatic rings. The van der Waals surface area contributed by atoms with Crippen LogP contribution in [0.25, 0.3) is 11.0 Å². The zero-order valence-corrected chi connectivity index (χ0v) is 14.8. The number of nitrogens with one attached hydrogen (secondary N) is 2. The Morgan fingerprint density at radius 3 is 2.44 bits per heavy atom. The molecule has 2 aromatic carbocycles. The highest BCUT2D eigenvalue weighted by atomic mass is 19.4. The number of anilines is 2. The van der Waals surface area contributed by atoms with Crippen molar-refractivity contribution in [2.45, 2.75) is 26.6 Å². The van der Waals surface area contributed by atoms with Gasteiger partial charge >= 0.3 is 6.18 Å². The standard InChI is InChI=1S/C19H19F3N4O/c1-18(2,19(20,21)22)16(27)12-5-3-11(4-6-12)10-24-17-25-14-8-7-13(23)9-15(14)26-17/h3-9H,10,23H2,1-2H3,(H2,24,25,26). The van der Waals surface area contributed by atoms with Crippen molar-refractivity contribution in [2.24, 2.45) is 5.41 Å². The molecule has 0 unspecified atom stereocenters. The number of rotatable bonds is 5. The Kier molecular flexibility index (Phi) is 4.59. The number of carbonyl (C=O) groups excluding carboxylic acids is 1. The van der Waals surface area contributed by atoms with E-state index in [4.69, 9.17) is 5.73 Å². The third-order valence-corrected chi connectivity index (χ3v) is 4.46. The fourth-order valence-corrected chi connectivity index (χ4v) is 2.56. The summed E-state index contributed by atoms with van der Waals surface area (Å²) in [4.78, 5) is 19.6. The molecular formula is C19H19F3N4O. The fourth-order valence-electron chi connectivity index (χ4n) is 2.56. The highest BCUT2D eigenvalue weighted by Gasteiger charge is 2.52. The van der Waals surface area contributed by atoms with Gasteiger partial charge in [-0.05, 0) is 37.6 Å². The van der Waals surface area contributed by atoms with Crippen LogP contribution in [-0.2, 0) is 6.54 Å². The Morgan fingerprint density at radius 2 is 1.81 bits per heavy atom. The second-order valence-corrected chi connectivity index (χ2v) is 6.86. The number of nitrogens with zero attached hydrogens (tertiary/aromatic N) is 1. The number of nitrogen functional groups attached to an aromatic ring is 1. The molecule has 0 bridgehead atoms. The summed E-state index contributed by atoms with van der Waals surface area (Å²) in [6, 6.07) is 11.4. The van der Waals surface area contributed by atoms with Crippen molar-refractivity contribution in [1.82, 2.24) is 9.97 Å². The van der Waals surface area contributed by atoms with Crippen molar-refractivity contribution in [3.8, 4) is 0 Å². The molecule has 0 spiro atoms. The highest BCUT2D eigenvalue weighted by molar-refractivity contribution is 6.00. The number of benzene rings is 2. The fraction of sp³-hybridized carbons (Fsp3) is 0.263. The number of aromatic amines is 1. The van der Waals surface area contributed by atoms with Gasteiger partial charge in [-0.2, -0.15) is 13.2 Å². The van der Waals surface area contributed by atoms with Crippen molar-refractivity contribution in [1.29, 1.82) is 0 Å². The van der Waals surface area contributed by atoms with Crippen LogP contribution < -0.4 is 11.1 Å². The van der Waals surface area contributed by atoms with Gasteiger partial charge in [0.2, 0.25) is 5.95 Å². The van der Waals surface area contributed by atoms with Crippen molar-refractivity contribution in [3.63, 3.8) is 0 Å². The van der Waals surface area contributed by atoms with Crippen LogP contribution in [0.5, 0.6) is 0 Å². The zero-order valence-electron chi connectivity index (χ0n) is 14.8. The second-order valence-electron chi connectivity index (χ2n) is 6.86. The van der Waals surface area contributed by atoms with Gasteiger partial charge in [-0.25, -0.2) is 4.98 Å². The van der Waals surface area contributed by atoms with E-state index in [-0.39, 0.29) is 5.56 Å². The summed E-state index contributed by atoms with van der Waals surface area (Å²) in [5.41, 5.74) is 6.32. The van der Waals surface area contributed by atoms with Crippen LogP contribution in [0.15, 0.2) is 42.5 Å². The minimum atomic E-state index is -4.60. The third-order valence-electron chi connectivity index (χ3n) is 4.46. The molecule has 0 amide bonds. The minimum Gasteiger partial charge on any atom is -0.399 e. The number of alkyl halides is 3. The summed E-state index contributed by atoms with van der Waals surface area (Å²) in [6.07, 6.45) is -4.60. The second kappa shape index (κ2) is 6.61. The van der Waals surface area contributed by atoms with Gasteiger partial charge in [-0.1, -0.05) is 24.3 Å². The first-order valence-electron chi connectivity index (χ1n) is 8.27. The molecule has 8 heteroatoms. The Bertz CT molecular complexity index is 975. The number of hydrogen-bond donors (Lipinski definition) is 3. The van der Waals surface area contributed by atoms with E-state index in [1.54, 1.807) is 30.3 Å². The number of H-pyrrole nitrogens is 1. The molecule has 0 saturated carbocycles. The summed E-state index contributed by atoms with van der Waals surface area (Å²) in [5, 5.41) is 3.10. The Labute approximate surface area is 153 Å². The van der Waals surface area contributed by atoms with E-state index in [0.29, 0.717) is 18.2 Å². The number of imidazole rings is 1. The zero-order chi connectivity index (χ0) is 19.8. The predicted octanol–water partition coefficient (Wildman–Crippen LogP) is 4.53. The van der Waals surface area contributed by atoms with Crippen LogP contribution in [-0.4, -0.2) is 21.9 Å². The van der Waals surface area contributed by atoms with Crippen LogP contribution in [0.3, 0.4) is 0 Å². The number of hydrogen-bond acceptors (Lipinski definition) is 4. The van der Waals surface area contributed by atoms with Gasteiger partial charge in [-0.15, -0.1) is 0 Å². The quantitative estimate of drug-likeness (QED) is 0.451. The molecule has 1 heterocycles. The van der Waals surface area contributed by atoms with Crippen LogP contribution in [0.1, 0.15) is 29.8 Å². The van der Waals surface area contributed by atoms with E-state index >= 15 is 0 Å². The van der Waals surface area contributed by atoms with Crippen LogP contribution in [0.4, 0.5) is 24.8 Å². The van der Waals surface area contributed by atoms with Crippen molar-refractivity contribution >= 4 is 28.5 Å². The highest BCUT2D eigenvalue weighted by Crippen LogP contribution is 2.40. The molecule has 3 aromatic rings. The molecule has 0 saturated heterocycles. The number of aromatic nitrogens is 2. The molecule has 4 N–H and O–H groups in total. The summed E-state index contributed by atoms with van der Waals surface area (Å²) in [6.45, 7) is 2.17. The Morgan fingerprint density at radius 1 is 1.15 bits per heavy atom. The molecule has 0 aliphatic heterocycles. The van der Waals surface area contributed by atoms with Gasteiger partial charge in [0, 0.05) is 17.8 Å². The number of ketones is 1. The van der Waals surface area contributed by atoms with E-state index in [2.05, 4.69) is 15.3 Å². The van der Waals surface area contributed by atoms with Gasteiger partial charge in [0.25, 0.3) is 0 Å². The van der Waals surface area contributed by atoms with E-state index in [1.165, 1.54) is 12.1 Å². The lowest BCUT2D eigenvalue weighted by molar-refractivity contribution is -0.192. The largest absolute Gasteiger partial charge is 0.401 e. The number of halogens is 3. The summed E-state index contributed by atoms with van der Waals surface area (Å²) in [5.74, 6) is -0.404. The first-order chi connectivity index (χ1) is 12.6. The molecule has 0 radical (unpaired) electrons. The molecule has 27 heavy (non-hydrogen) atoms. The topological polar surface area (TPSA) is 83.8 Å².